The van der Waals surface area contributed by atoms with Crippen molar-refractivity contribution in [2.24, 2.45) is 0 Å². The van der Waals surface area contributed by atoms with Crippen LogP contribution in [-0.4, -0.2) is 65.8 Å². The maximum absolute atomic E-state index is 10.1. The van der Waals surface area contributed by atoms with Crippen molar-refractivity contribution in [3.05, 3.63) is 0 Å². The average Bonchev–Trinajstić information content (AvgIpc) is 2.70. The molecule has 28 heavy (non-hydrogen) atoms. The predicted molar refractivity (Wildman–Crippen MR) is 110 cm³/mol. The van der Waals surface area contributed by atoms with Crippen LogP contribution in [0.4, 0.5) is 0 Å². The average molecular weight is 405 g/mol. The van der Waals surface area contributed by atoms with Crippen LogP contribution in [0.1, 0.15) is 90.9 Å². The van der Waals surface area contributed by atoms with Gasteiger partial charge in [0.2, 0.25) is 0 Å². The maximum atomic E-state index is 10.1. The van der Waals surface area contributed by atoms with E-state index in [0.717, 1.165) is 25.7 Å². The lowest BCUT2D eigenvalue weighted by molar-refractivity contribution is -0.302. The summed E-state index contributed by atoms with van der Waals surface area (Å²) in [5.74, 6) is 0. The third-order valence-corrected chi connectivity index (χ3v) is 5.37. The van der Waals surface area contributed by atoms with E-state index in [2.05, 4.69) is 6.92 Å². The molecule has 0 aromatic heterocycles. The monoisotopic (exact) mass is 404 g/mol. The number of aliphatic hydroxyl groups excluding tert-OH is 3. The van der Waals surface area contributed by atoms with Crippen LogP contribution in [0.2, 0.25) is 0 Å². The minimum atomic E-state index is -1.29. The Kier molecular flexibility index (Phi) is 15.2. The van der Waals surface area contributed by atoms with Crippen molar-refractivity contribution < 1.29 is 29.5 Å². The molecule has 6 heteroatoms. The van der Waals surface area contributed by atoms with Gasteiger partial charge in [-0.05, 0) is 12.8 Å². The number of rotatable bonds is 17. The number of aliphatic hydroxyl groups is 3. The summed E-state index contributed by atoms with van der Waals surface area (Å²) in [7, 11) is 0. The summed E-state index contributed by atoms with van der Waals surface area (Å²) in [6.45, 7) is 5.55. The second-order valence-electron chi connectivity index (χ2n) is 8.00. The molecule has 5 atom stereocenters. The van der Waals surface area contributed by atoms with Gasteiger partial charge in [0.25, 0.3) is 0 Å². The Balaban J connectivity index is 2.08. The molecule has 0 radical (unpaired) electrons. The summed E-state index contributed by atoms with van der Waals surface area (Å²) < 4.78 is 16.8. The van der Waals surface area contributed by atoms with Crippen molar-refractivity contribution in [1.82, 2.24) is 0 Å². The first-order valence-electron chi connectivity index (χ1n) is 11.5. The molecule has 0 unspecified atom stereocenters. The van der Waals surface area contributed by atoms with Gasteiger partial charge in [-0.2, -0.15) is 0 Å². The van der Waals surface area contributed by atoms with Crippen LogP contribution in [0.3, 0.4) is 0 Å². The Labute approximate surface area is 171 Å². The lowest BCUT2D eigenvalue weighted by Crippen LogP contribution is -2.59. The SMILES string of the molecule is CCCCCCCCCCCCOC[C@H]1O[C@H](OCCCC)[C@H](O)[C@@H](O)[C@@H]1O. The van der Waals surface area contributed by atoms with Gasteiger partial charge >= 0.3 is 0 Å². The molecule has 0 aromatic carbocycles. The normalized spacial score (nSPS) is 28.0. The third kappa shape index (κ3) is 10.5. The zero-order valence-electron chi connectivity index (χ0n) is 18.1. The van der Waals surface area contributed by atoms with Crippen LogP contribution in [-0.2, 0) is 14.2 Å². The quantitative estimate of drug-likeness (QED) is 0.321. The highest BCUT2D eigenvalue weighted by Gasteiger charge is 2.44. The van der Waals surface area contributed by atoms with E-state index in [0.29, 0.717) is 13.2 Å². The van der Waals surface area contributed by atoms with E-state index in [4.69, 9.17) is 14.2 Å². The van der Waals surface area contributed by atoms with E-state index in [1.165, 1.54) is 51.4 Å². The highest BCUT2D eigenvalue weighted by molar-refractivity contribution is 4.89. The standard InChI is InChI=1S/C22H44O6/c1-3-5-7-8-9-10-11-12-13-14-15-26-17-18-19(23)20(24)21(25)22(28-18)27-16-6-4-2/h18-25H,3-17H2,1-2H3/t18-,19-,20+,21-,22+/m1/s1. The molecule has 0 bridgehead atoms. The highest BCUT2D eigenvalue weighted by atomic mass is 16.7. The van der Waals surface area contributed by atoms with Gasteiger partial charge in [0.05, 0.1) is 6.61 Å². The fourth-order valence-electron chi connectivity index (χ4n) is 3.43. The van der Waals surface area contributed by atoms with Crippen LogP contribution in [0.5, 0.6) is 0 Å². The Morgan fingerprint density at radius 3 is 1.82 bits per heavy atom. The largest absolute Gasteiger partial charge is 0.387 e. The first-order valence-corrected chi connectivity index (χ1v) is 11.5. The minimum absolute atomic E-state index is 0.190. The zero-order chi connectivity index (χ0) is 20.6. The predicted octanol–water partition coefficient (Wildman–Crippen LogP) is 3.55. The summed E-state index contributed by atoms with van der Waals surface area (Å²) in [6.07, 6.45) is 9.24. The lowest BCUT2D eigenvalue weighted by Gasteiger charge is -2.40. The van der Waals surface area contributed by atoms with Gasteiger partial charge in [-0.3, -0.25) is 0 Å². The first-order chi connectivity index (χ1) is 13.6. The molecule has 0 aromatic rings. The molecular weight excluding hydrogens is 360 g/mol. The Morgan fingerprint density at radius 1 is 0.643 bits per heavy atom. The molecular formula is C22H44O6. The Hall–Kier alpha value is -0.240. The molecule has 3 N–H and O–H groups in total. The van der Waals surface area contributed by atoms with Crippen molar-refractivity contribution >= 4 is 0 Å². The van der Waals surface area contributed by atoms with Gasteiger partial charge in [-0.1, -0.05) is 78.1 Å². The molecule has 0 aliphatic carbocycles. The number of ether oxygens (including phenoxy) is 3. The second-order valence-corrected chi connectivity index (χ2v) is 8.00. The second kappa shape index (κ2) is 16.5. The van der Waals surface area contributed by atoms with Crippen LogP contribution >= 0.6 is 0 Å². The molecule has 1 aliphatic heterocycles. The topological polar surface area (TPSA) is 88.4 Å². The van der Waals surface area contributed by atoms with Crippen molar-refractivity contribution in [3.63, 3.8) is 0 Å². The molecule has 1 rings (SSSR count). The van der Waals surface area contributed by atoms with Crippen LogP contribution < -0.4 is 0 Å². The van der Waals surface area contributed by atoms with E-state index in [-0.39, 0.29) is 6.61 Å². The van der Waals surface area contributed by atoms with Crippen molar-refractivity contribution in [1.29, 1.82) is 0 Å². The van der Waals surface area contributed by atoms with E-state index in [9.17, 15) is 15.3 Å². The molecule has 0 spiro atoms. The summed E-state index contributed by atoms with van der Waals surface area (Å²) in [5.41, 5.74) is 0. The number of unbranched alkanes of at least 4 members (excludes halogenated alkanes) is 10. The zero-order valence-corrected chi connectivity index (χ0v) is 18.1. The number of hydrogen-bond acceptors (Lipinski definition) is 6. The summed E-state index contributed by atoms with van der Waals surface area (Å²) in [4.78, 5) is 0. The molecule has 168 valence electrons. The fourth-order valence-corrected chi connectivity index (χ4v) is 3.43. The van der Waals surface area contributed by atoms with E-state index >= 15 is 0 Å². The van der Waals surface area contributed by atoms with Crippen LogP contribution in [0.25, 0.3) is 0 Å². The van der Waals surface area contributed by atoms with Gasteiger partial charge in [0.15, 0.2) is 6.29 Å². The maximum Gasteiger partial charge on any atom is 0.186 e. The molecule has 6 nitrogen and oxygen atoms in total. The molecule has 1 heterocycles. The van der Waals surface area contributed by atoms with Crippen LogP contribution in [0, 0.1) is 0 Å². The summed E-state index contributed by atoms with van der Waals surface area (Å²) in [5, 5.41) is 30.1. The fraction of sp³-hybridized carbons (Fsp3) is 1.00. The summed E-state index contributed by atoms with van der Waals surface area (Å²) >= 11 is 0. The first kappa shape index (κ1) is 25.8. The Morgan fingerprint density at radius 2 is 1.21 bits per heavy atom. The van der Waals surface area contributed by atoms with Crippen LogP contribution in [0.15, 0.2) is 0 Å². The smallest absolute Gasteiger partial charge is 0.186 e. The minimum Gasteiger partial charge on any atom is -0.387 e. The van der Waals surface area contributed by atoms with E-state index in [1.54, 1.807) is 0 Å². The van der Waals surface area contributed by atoms with Gasteiger partial charge in [-0.25, -0.2) is 0 Å². The third-order valence-electron chi connectivity index (χ3n) is 5.37. The molecule has 0 saturated carbocycles. The van der Waals surface area contributed by atoms with Gasteiger partial charge < -0.3 is 29.5 Å². The van der Waals surface area contributed by atoms with Crippen molar-refractivity contribution in [3.8, 4) is 0 Å². The van der Waals surface area contributed by atoms with E-state index < -0.39 is 30.7 Å². The summed E-state index contributed by atoms with van der Waals surface area (Å²) in [6, 6.07) is 0. The van der Waals surface area contributed by atoms with E-state index in [1.807, 2.05) is 6.92 Å². The van der Waals surface area contributed by atoms with Gasteiger partial charge in [0, 0.05) is 13.2 Å². The molecule has 0 amide bonds. The Bertz CT molecular complexity index is 354. The highest BCUT2D eigenvalue weighted by Crippen LogP contribution is 2.23. The van der Waals surface area contributed by atoms with Crippen molar-refractivity contribution in [2.75, 3.05) is 19.8 Å². The number of hydrogen-bond donors (Lipinski definition) is 3. The molecule has 1 aliphatic rings. The molecule has 1 fully saturated rings. The molecule has 1 saturated heterocycles. The van der Waals surface area contributed by atoms with Gasteiger partial charge in [-0.15, -0.1) is 0 Å². The lowest BCUT2D eigenvalue weighted by atomic mass is 9.99. The van der Waals surface area contributed by atoms with Crippen molar-refractivity contribution in [2.45, 2.75) is 122 Å². The van der Waals surface area contributed by atoms with Gasteiger partial charge in [0.1, 0.15) is 24.4 Å².